The second-order valence-electron chi connectivity index (χ2n) is 12.0. The summed E-state index contributed by atoms with van der Waals surface area (Å²) < 4.78 is 36.7. The quantitative estimate of drug-likeness (QED) is 0.413. The predicted octanol–water partition coefficient (Wildman–Crippen LogP) is 5.57. The van der Waals surface area contributed by atoms with Crippen molar-refractivity contribution in [3.63, 3.8) is 0 Å². The standard InChI is InChI=1S/C27H44N2O4S/c1-4-20(18-28)25(30)33-24-17-21-15-16-27(24,26(21,2)3)19-34(31,32)29(22-11-7-5-8-12-22)23-13-9-6-10-14-23/h20-24H,4-17,19H2,1-3H3/t20-,21+,24+,27+/m0/s1. The Morgan fingerprint density at radius 3 is 2.06 bits per heavy atom. The highest BCUT2D eigenvalue weighted by molar-refractivity contribution is 7.89. The van der Waals surface area contributed by atoms with E-state index in [4.69, 9.17) is 4.74 Å². The fraction of sp³-hybridized carbons (Fsp3) is 0.926. The summed E-state index contributed by atoms with van der Waals surface area (Å²) in [7, 11) is -3.54. The van der Waals surface area contributed by atoms with Crippen LogP contribution in [0, 0.1) is 34.0 Å². The Kier molecular flexibility index (Phi) is 7.70. The van der Waals surface area contributed by atoms with Gasteiger partial charge in [-0.1, -0.05) is 59.3 Å². The molecule has 4 saturated carbocycles. The third kappa shape index (κ3) is 4.54. The van der Waals surface area contributed by atoms with Gasteiger partial charge in [0.15, 0.2) is 0 Å². The van der Waals surface area contributed by atoms with Gasteiger partial charge in [0.1, 0.15) is 12.0 Å². The van der Waals surface area contributed by atoms with Crippen LogP contribution in [0.25, 0.3) is 0 Å². The summed E-state index contributed by atoms with van der Waals surface area (Å²) in [4.78, 5) is 12.8. The summed E-state index contributed by atoms with van der Waals surface area (Å²) in [5.41, 5.74) is -0.800. The number of sulfonamides is 1. The second kappa shape index (κ2) is 10.1. The van der Waals surface area contributed by atoms with Crippen LogP contribution in [0.3, 0.4) is 0 Å². The van der Waals surface area contributed by atoms with E-state index in [0.29, 0.717) is 18.8 Å². The van der Waals surface area contributed by atoms with E-state index in [-0.39, 0.29) is 23.3 Å². The van der Waals surface area contributed by atoms with Crippen molar-refractivity contribution in [3.05, 3.63) is 0 Å². The molecule has 0 spiro atoms. The van der Waals surface area contributed by atoms with Crippen LogP contribution < -0.4 is 0 Å². The Morgan fingerprint density at radius 1 is 1.03 bits per heavy atom. The summed E-state index contributed by atoms with van der Waals surface area (Å²) in [6, 6.07) is 2.28. The number of nitrogens with zero attached hydrogens (tertiary/aromatic N) is 2. The Morgan fingerprint density at radius 2 is 1.59 bits per heavy atom. The van der Waals surface area contributed by atoms with Gasteiger partial charge in [-0.2, -0.15) is 9.57 Å². The van der Waals surface area contributed by atoms with Crippen LogP contribution >= 0.6 is 0 Å². The molecule has 4 atom stereocenters. The predicted molar refractivity (Wildman–Crippen MR) is 132 cm³/mol. The van der Waals surface area contributed by atoms with Crippen molar-refractivity contribution in [2.24, 2.45) is 22.7 Å². The molecule has 0 radical (unpaired) electrons. The maximum Gasteiger partial charge on any atom is 0.323 e. The van der Waals surface area contributed by atoms with E-state index in [0.717, 1.165) is 64.2 Å². The average molecular weight is 493 g/mol. The lowest BCUT2D eigenvalue weighted by molar-refractivity contribution is -0.159. The minimum absolute atomic E-state index is 0.0673. The highest BCUT2D eigenvalue weighted by Gasteiger charge is 2.67. The molecule has 34 heavy (non-hydrogen) atoms. The van der Waals surface area contributed by atoms with Gasteiger partial charge < -0.3 is 4.74 Å². The molecule has 0 heterocycles. The molecule has 0 aromatic rings. The molecule has 4 aliphatic carbocycles. The molecule has 2 bridgehead atoms. The largest absolute Gasteiger partial charge is 0.461 e. The maximum absolute atomic E-state index is 14.4. The van der Waals surface area contributed by atoms with Crippen LogP contribution in [0.5, 0.6) is 0 Å². The molecule has 192 valence electrons. The molecule has 4 fully saturated rings. The van der Waals surface area contributed by atoms with Gasteiger partial charge in [-0.15, -0.1) is 0 Å². The fourth-order valence-corrected chi connectivity index (χ4v) is 10.7. The zero-order chi connectivity index (χ0) is 24.6. The number of nitriles is 1. The number of rotatable bonds is 8. The van der Waals surface area contributed by atoms with E-state index in [2.05, 4.69) is 19.9 Å². The molecule has 4 rings (SSSR count). The van der Waals surface area contributed by atoms with E-state index in [1.54, 1.807) is 0 Å². The first-order chi connectivity index (χ1) is 16.2. The number of carbonyl (C=O) groups is 1. The topological polar surface area (TPSA) is 87.5 Å². The molecular weight excluding hydrogens is 448 g/mol. The summed E-state index contributed by atoms with van der Waals surface area (Å²) in [6.45, 7) is 6.18. The van der Waals surface area contributed by atoms with Crippen molar-refractivity contribution < 1.29 is 17.9 Å². The molecule has 6 nitrogen and oxygen atoms in total. The van der Waals surface area contributed by atoms with Gasteiger partial charge in [0.25, 0.3) is 0 Å². The first-order valence-electron chi connectivity index (χ1n) is 13.8. The highest BCUT2D eigenvalue weighted by atomic mass is 32.2. The minimum Gasteiger partial charge on any atom is -0.461 e. The van der Waals surface area contributed by atoms with E-state index >= 15 is 0 Å². The molecule has 7 heteroatoms. The van der Waals surface area contributed by atoms with Gasteiger partial charge in [-0.05, 0) is 62.7 Å². The summed E-state index contributed by atoms with van der Waals surface area (Å²) in [5.74, 6) is -0.846. The molecule has 4 aliphatic rings. The molecular formula is C27H44N2O4S. The van der Waals surface area contributed by atoms with Gasteiger partial charge >= 0.3 is 5.97 Å². The van der Waals surface area contributed by atoms with E-state index in [1.165, 1.54) is 12.8 Å². The van der Waals surface area contributed by atoms with Crippen molar-refractivity contribution in [3.8, 4) is 6.07 Å². The summed E-state index contributed by atoms with van der Waals surface area (Å²) >= 11 is 0. The lowest BCUT2D eigenvalue weighted by atomic mass is 9.69. The fourth-order valence-electron chi connectivity index (χ4n) is 7.86. The van der Waals surface area contributed by atoms with Crippen molar-refractivity contribution in [2.45, 2.75) is 129 Å². The van der Waals surface area contributed by atoms with Gasteiger partial charge in [-0.25, -0.2) is 8.42 Å². The lowest BCUT2D eigenvalue weighted by Gasteiger charge is -2.46. The van der Waals surface area contributed by atoms with Crippen molar-refractivity contribution in [1.82, 2.24) is 4.31 Å². The Bertz CT molecular complexity index is 865. The van der Waals surface area contributed by atoms with Crippen LogP contribution in [0.4, 0.5) is 0 Å². The monoisotopic (exact) mass is 492 g/mol. The van der Waals surface area contributed by atoms with Crippen LogP contribution in [0.1, 0.15) is 111 Å². The number of hydrogen-bond donors (Lipinski definition) is 0. The van der Waals surface area contributed by atoms with Crippen LogP contribution in [-0.2, 0) is 19.6 Å². The summed E-state index contributed by atoms with van der Waals surface area (Å²) in [5, 5.41) is 9.36. The molecule has 0 aromatic carbocycles. The lowest BCUT2D eigenvalue weighted by Crippen LogP contribution is -2.54. The Labute approximate surface area is 206 Å². The number of fused-ring (bicyclic) bond motifs is 2. The van der Waals surface area contributed by atoms with E-state index in [9.17, 15) is 18.5 Å². The number of carbonyl (C=O) groups excluding carboxylic acids is 1. The molecule has 0 unspecified atom stereocenters. The first-order valence-corrected chi connectivity index (χ1v) is 15.4. The number of ether oxygens (including phenoxy) is 1. The first kappa shape index (κ1) is 25.9. The van der Waals surface area contributed by atoms with Crippen LogP contribution in [-0.4, -0.2) is 42.6 Å². The van der Waals surface area contributed by atoms with Gasteiger partial charge in [0.2, 0.25) is 10.0 Å². The molecule has 0 N–H and O–H groups in total. The summed E-state index contributed by atoms with van der Waals surface area (Å²) in [6.07, 6.45) is 13.1. The third-order valence-electron chi connectivity index (χ3n) is 10.1. The third-order valence-corrected chi connectivity index (χ3v) is 12.2. The molecule has 0 aliphatic heterocycles. The molecule has 0 saturated heterocycles. The van der Waals surface area contributed by atoms with Crippen LogP contribution in [0.15, 0.2) is 0 Å². The number of hydrogen-bond acceptors (Lipinski definition) is 5. The average Bonchev–Trinajstić information content (AvgIpc) is 3.16. The zero-order valence-corrected chi connectivity index (χ0v) is 22.2. The molecule has 0 amide bonds. The SMILES string of the molecule is CC[C@@H](C#N)C(=O)O[C@@H]1C[C@H]2CC[C@]1(CS(=O)(=O)N(C1CCCCC1)C1CCCCC1)C2(C)C. The van der Waals surface area contributed by atoms with Gasteiger partial charge in [0, 0.05) is 17.5 Å². The zero-order valence-electron chi connectivity index (χ0n) is 21.4. The number of esters is 1. The van der Waals surface area contributed by atoms with Crippen molar-refractivity contribution in [1.29, 1.82) is 5.26 Å². The van der Waals surface area contributed by atoms with Crippen molar-refractivity contribution in [2.75, 3.05) is 5.75 Å². The van der Waals surface area contributed by atoms with E-state index in [1.807, 2.05) is 11.2 Å². The van der Waals surface area contributed by atoms with Crippen molar-refractivity contribution >= 4 is 16.0 Å². The maximum atomic E-state index is 14.4. The van der Waals surface area contributed by atoms with Gasteiger partial charge in [0.05, 0.1) is 11.8 Å². The van der Waals surface area contributed by atoms with Gasteiger partial charge in [-0.3, -0.25) is 4.79 Å². The normalized spacial score (nSPS) is 33.0. The highest BCUT2D eigenvalue weighted by Crippen LogP contribution is 2.67. The second-order valence-corrected chi connectivity index (χ2v) is 13.9. The minimum atomic E-state index is -3.54. The Balaban J connectivity index is 1.64. The van der Waals surface area contributed by atoms with E-state index < -0.39 is 33.4 Å². The smallest absolute Gasteiger partial charge is 0.323 e. The molecule has 0 aromatic heterocycles. The van der Waals surface area contributed by atoms with Crippen LogP contribution in [0.2, 0.25) is 0 Å². The Hall–Kier alpha value is -1.13.